The summed E-state index contributed by atoms with van der Waals surface area (Å²) in [7, 11) is 0. The van der Waals surface area contributed by atoms with Crippen LogP contribution in [0, 0.1) is 5.92 Å². The molecule has 2 amide bonds. The average Bonchev–Trinajstić information content (AvgIpc) is 3.15. The molecule has 1 aliphatic rings. The Labute approximate surface area is 162 Å². The third kappa shape index (κ3) is 3.83. The summed E-state index contributed by atoms with van der Waals surface area (Å²) in [4.78, 5) is 25.2. The van der Waals surface area contributed by atoms with E-state index in [1.165, 1.54) is 5.56 Å². The van der Waals surface area contributed by atoms with Gasteiger partial charge in [0.2, 0.25) is 5.91 Å². The van der Waals surface area contributed by atoms with E-state index >= 15 is 0 Å². The first kappa shape index (κ1) is 18.0. The minimum absolute atomic E-state index is 0.0774. The number of carbonyl (C=O) groups is 2. The van der Waals surface area contributed by atoms with Crippen molar-refractivity contribution in [2.45, 2.75) is 32.4 Å². The molecule has 1 fully saturated rings. The molecule has 0 bridgehead atoms. The summed E-state index contributed by atoms with van der Waals surface area (Å²) < 4.78 is 6.86. The molecule has 1 saturated carbocycles. The molecule has 3 aromatic rings. The van der Waals surface area contributed by atoms with Gasteiger partial charge in [0.25, 0.3) is 5.91 Å². The van der Waals surface area contributed by atoms with Crippen LogP contribution >= 0.6 is 0 Å². The Morgan fingerprint density at radius 3 is 2.75 bits per heavy atom. The van der Waals surface area contributed by atoms with E-state index in [9.17, 15) is 9.59 Å². The molecule has 2 aromatic heterocycles. The predicted molar refractivity (Wildman–Crippen MR) is 104 cm³/mol. The van der Waals surface area contributed by atoms with Crippen LogP contribution in [0.1, 0.15) is 41.1 Å². The molecule has 0 radical (unpaired) electrons. The molecule has 2 heterocycles. The highest BCUT2D eigenvalue weighted by Gasteiger charge is 2.44. The lowest BCUT2D eigenvalue weighted by Crippen LogP contribution is -2.25. The van der Waals surface area contributed by atoms with Crippen molar-refractivity contribution in [1.29, 1.82) is 0 Å². The number of aryl methyl sites for hydroxylation is 1. The molecule has 28 heavy (non-hydrogen) atoms. The molecule has 1 aromatic carbocycles. The lowest BCUT2D eigenvalue weighted by atomic mass is 10.1. The smallest absolute Gasteiger partial charge is 0.274 e. The van der Waals surface area contributed by atoms with Gasteiger partial charge in [-0.15, -0.1) is 0 Å². The number of nitrogens with one attached hydrogen (secondary N) is 2. The molecule has 0 saturated heterocycles. The second-order valence-corrected chi connectivity index (χ2v) is 6.86. The summed E-state index contributed by atoms with van der Waals surface area (Å²) in [6, 6.07) is 13.6. The fourth-order valence-electron chi connectivity index (χ4n) is 3.29. The standard InChI is InChI=1S/C21H22N4O3/c1-2-25-13-18(19(24-25)21(27)22-12-15-9-6-10-28-15)23-20(26)17-11-16(17)14-7-4-3-5-8-14/h3-10,13,16-17H,2,11-12H2,1H3,(H,22,27)(H,23,26). The van der Waals surface area contributed by atoms with Crippen LogP contribution in [0.2, 0.25) is 0 Å². The van der Waals surface area contributed by atoms with Crippen LogP contribution in [0.5, 0.6) is 0 Å². The third-order valence-electron chi connectivity index (χ3n) is 4.92. The van der Waals surface area contributed by atoms with Gasteiger partial charge in [0.05, 0.1) is 18.5 Å². The molecule has 7 heteroatoms. The van der Waals surface area contributed by atoms with E-state index in [0.717, 1.165) is 6.42 Å². The normalized spacial score (nSPS) is 17.9. The Morgan fingerprint density at radius 1 is 1.21 bits per heavy atom. The van der Waals surface area contributed by atoms with Crippen LogP contribution in [0.25, 0.3) is 0 Å². The molecule has 2 atom stereocenters. The van der Waals surface area contributed by atoms with Crippen LogP contribution in [0.4, 0.5) is 5.69 Å². The first-order chi connectivity index (χ1) is 13.7. The third-order valence-corrected chi connectivity index (χ3v) is 4.92. The number of rotatable bonds is 7. The summed E-state index contributed by atoms with van der Waals surface area (Å²) >= 11 is 0. The van der Waals surface area contributed by atoms with Crippen molar-refractivity contribution in [2.24, 2.45) is 5.92 Å². The molecule has 2 N–H and O–H groups in total. The van der Waals surface area contributed by atoms with Gasteiger partial charge in [-0.25, -0.2) is 0 Å². The summed E-state index contributed by atoms with van der Waals surface area (Å²) in [5.41, 5.74) is 1.81. The number of nitrogens with zero attached hydrogens (tertiary/aromatic N) is 2. The van der Waals surface area contributed by atoms with E-state index in [1.54, 1.807) is 29.3 Å². The maximum atomic E-state index is 12.7. The first-order valence-electron chi connectivity index (χ1n) is 9.39. The molecule has 1 aliphatic carbocycles. The van der Waals surface area contributed by atoms with Crippen LogP contribution < -0.4 is 10.6 Å². The Hall–Kier alpha value is -3.35. The highest BCUT2D eigenvalue weighted by molar-refractivity contribution is 6.03. The quantitative estimate of drug-likeness (QED) is 0.661. The van der Waals surface area contributed by atoms with Crippen LogP contribution in [-0.2, 0) is 17.9 Å². The van der Waals surface area contributed by atoms with Crippen molar-refractivity contribution >= 4 is 17.5 Å². The molecule has 0 spiro atoms. The summed E-state index contributed by atoms with van der Waals surface area (Å²) in [5.74, 6) is 0.376. The molecular weight excluding hydrogens is 356 g/mol. The number of aromatic nitrogens is 2. The number of hydrogen-bond acceptors (Lipinski definition) is 4. The number of benzene rings is 1. The van der Waals surface area contributed by atoms with Crippen molar-refractivity contribution < 1.29 is 14.0 Å². The topological polar surface area (TPSA) is 89.2 Å². The van der Waals surface area contributed by atoms with Crippen molar-refractivity contribution in [1.82, 2.24) is 15.1 Å². The Bertz CT molecular complexity index is 963. The van der Waals surface area contributed by atoms with Gasteiger partial charge in [0, 0.05) is 18.7 Å². The lowest BCUT2D eigenvalue weighted by Gasteiger charge is -2.06. The zero-order valence-electron chi connectivity index (χ0n) is 15.6. The van der Waals surface area contributed by atoms with Gasteiger partial charge in [0.1, 0.15) is 5.76 Å². The van der Waals surface area contributed by atoms with Gasteiger partial charge in [-0.05, 0) is 37.0 Å². The van der Waals surface area contributed by atoms with E-state index in [2.05, 4.69) is 15.7 Å². The highest BCUT2D eigenvalue weighted by atomic mass is 16.3. The van der Waals surface area contributed by atoms with Gasteiger partial charge >= 0.3 is 0 Å². The second kappa shape index (κ2) is 7.72. The molecule has 7 nitrogen and oxygen atoms in total. The lowest BCUT2D eigenvalue weighted by molar-refractivity contribution is -0.117. The largest absolute Gasteiger partial charge is 0.467 e. The maximum absolute atomic E-state index is 12.7. The van der Waals surface area contributed by atoms with Gasteiger partial charge in [-0.1, -0.05) is 30.3 Å². The fraction of sp³-hybridized carbons (Fsp3) is 0.286. The molecule has 2 unspecified atom stereocenters. The predicted octanol–water partition coefficient (Wildman–Crippen LogP) is 3.17. The van der Waals surface area contributed by atoms with Crippen LogP contribution in [0.3, 0.4) is 0 Å². The fourth-order valence-corrected chi connectivity index (χ4v) is 3.29. The first-order valence-corrected chi connectivity index (χ1v) is 9.39. The highest BCUT2D eigenvalue weighted by Crippen LogP contribution is 2.47. The molecule has 144 valence electrons. The monoisotopic (exact) mass is 378 g/mol. The van der Waals surface area contributed by atoms with E-state index in [4.69, 9.17) is 4.42 Å². The van der Waals surface area contributed by atoms with Crippen molar-refractivity contribution in [3.63, 3.8) is 0 Å². The second-order valence-electron chi connectivity index (χ2n) is 6.86. The Morgan fingerprint density at radius 2 is 2.04 bits per heavy atom. The number of amides is 2. The SMILES string of the molecule is CCn1cc(NC(=O)C2CC2c2ccccc2)c(C(=O)NCc2ccco2)n1. The number of anilines is 1. The number of hydrogen-bond donors (Lipinski definition) is 2. The summed E-state index contributed by atoms with van der Waals surface area (Å²) in [6.07, 6.45) is 4.06. The van der Waals surface area contributed by atoms with Gasteiger partial charge in [-0.2, -0.15) is 5.10 Å². The van der Waals surface area contributed by atoms with E-state index in [0.29, 0.717) is 18.0 Å². The van der Waals surface area contributed by atoms with Gasteiger partial charge in [0.15, 0.2) is 5.69 Å². The summed E-state index contributed by atoms with van der Waals surface area (Å²) in [6.45, 7) is 2.79. The zero-order valence-corrected chi connectivity index (χ0v) is 15.6. The Balaban J connectivity index is 1.43. The van der Waals surface area contributed by atoms with Crippen molar-refractivity contribution in [3.8, 4) is 0 Å². The minimum atomic E-state index is -0.352. The number of carbonyl (C=O) groups excluding carboxylic acids is 2. The van der Waals surface area contributed by atoms with Crippen LogP contribution in [0.15, 0.2) is 59.3 Å². The van der Waals surface area contributed by atoms with E-state index in [-0.39, 0.29) is 35.9 Å². The van der Waals surface area contributed by atoms with Gasteiger partial charge in [-0.3, -0.25) is 14.3 Å². The maximum Gasteiger partial charge on any atom is 0.274 e. The molecule has 0 aliphatic heterocycles. The zero-order chi connectivity index (χ0) is 19.5. The van der Waals surface area contributed by atoms with E-state index in [1.807, 2.05) is 37.3 Å². The van der Waals surface area contributed by atoms with Gasteiger partial charge < -0.3 is 15.1 Å². The summed E-state index contributed by atoms with van der Waals surface area (Å²) in [5, 5.41) is 9.96. The van der Waals surface area contributed by atoms with Crippen molar-refractivity contribution in [3.05, 3.63) is 71.9 Å². The Kier molecular flexibility index (Phi) is 4.97. The molecular formula is C21H22N4O3. The minimum Gasteiger partial charge on any atom is -0.467 e. The van der Waals surface area contributed by atoms with Crippen molar-refractivity contribution in [2.75, 3.05) is 5.32 Å². The van der Waals surface area contributed by atoms with E-state index < -0.39 is 0 Å². The van der Waals surface area contributed by atoms with Crippen LogP contribution in [-0.4, -0.2) is 21.6 Å². The average molecular weight is 378 g/mol. The molecule has 4 rings (SSSR count). The number of furan rings is 1.